The normalized spacial score (nSPS) is 28.1. The molecule has 6 rings (SSSR count). The lowest BCUT2D eigenvalue weighted by Gasteiger charge is -2.11. The summed E-state index contributed by atoms with van der Waals surface area (Å²) in [4.78, 5) is 17.1. The van der Waals surface area contributed by atoms with E-state index in [4.69, 9.17) is 0 Å². The largest absolute Gasteiger partial charge is 0.310 e. The number of aryl methyl sites for hydroxylation is 1. The lowest BCUT2D eigenvalue weighted by Crippen LogP contribution is -2.15. The van der Waals surface area contributed by atoms with Gasteiger partial charge in [-0.3, -0.25) is 9.48 Å². The number of nitriles is 1. The Morgan fingerprint density at radius 3 is 2.83 bits per heavy atom. The number of rotatable bonds is 4. The van der Waals surface area contributed by atoms with E-state index in [1.165, 1.54) is 0 Å². The monoisotopic (exact) mass is 383 g/mol. The summed E-state index contributed by atoms with van der Waals surface area (Å²) >= 11 is 0. The number of anilines is 1. The minimum Gasteiger partial charge on any atom is -0.310 e. The minimum atomic E-state index is -0.308. The third-order valence-electron chi connectivity index (χ3n) is 7.14. The first-order valence-electron chi connectivity index (χ1n) is 10.2. The number of nitrogens with zero attached hydrogens (tertiary/aromatic N) is 4. The van der Waals surface area contributed by atoms with Gasteiger partial charge in [-0.2, -0.15) is 10.4 Å². The van der Waals surface area contributed by atoms with E-state index in [1.807, 2.05) is 31.4 Å². The zero-order chi connectivity index (χ0) is 19.8. The van der Waals surface area contributed by atoms with Gasteiger partial charge in [0.05, 0.1) is 17.2 Å². The molecule has 3 fully saturated rings. The molecule has 0 aliphatic heterocycles. The van der Waals surface area contributed by atoms with Gasteiger partial charge in [-0.05, 0) is 60.2 Å². The van der Waals surface area contributed by atoms with Crippen LogP contribution in [0.4, 0.5) is 5.82 Å². The highest BCUT2D eigenvalue weighted by Gasteiger charge is 2.75. The number of hydrogen-bond donors (Lipinski definition) is 1. The van der Waals surface area contributed by atoms with Gasteiger partial charge in [0.2, 0.25) is 5.91 Å². The summed E-state index contributed by atoms with van der Waals surface area (Å²) in [5, 5.41) is 19.2. The zero-order valence-electron chi connectivity index (χ0n) is 16.2. The lowest BCUT2D eigenvalue weighted by atomic mass is 9.92. The van der Waals surface area contributed by atoms with Crippen LogP contribution in [0, 0.1) is 22.7 Å². The fraction of sp³-hybridized carbons (Fsp3) is 0.391. The minimum absolute atomic E-state index is 0.00345. The number of hydrogen-bond acceptors (Lipinski definition) is 4. The molecule has 1 aromatic carbocycles. The second-order valence-corrected chi connectivity index (χ2v) is 8.96. The molecule has 2 aromatic heterocycles. The van der Waals surface area contributed by atoms with Crippen molar-refractivity contribution in [3.05, 3.63) is 54.0 Å². The molecule has 29 heavy (non-hydrogen) atoms. The number of pyridine rings is 1. The van der Waals surface area contributed by atoms with E-state index in [0.717, 1.165) is 47.7 Å². The van der Waals surface area contributed by atoms with Crippen molar-refractivity contribution in [3.8, 4) is 6.07 Å². The molecule has 144 valence electrons. The molecule has 1 spiro atoms. The highest BCUT2D eigenvalue weighted by Crippen LogP contribution is 2.78. The van der Waals surface area contributed by atoms with Crippen LogP contribution in [-0.2, 0) is 17.3 Å². The molecule has 0 saturated heterocycles. The average Bonchev–Trinajstić information content (AvgIpc) is 3.67. The van der Waals surface area contributed by atoms with E-state index in [0.29, 0.717) is 5.82 Å². The fourth-order valence-electron chi connectivity index (χ4n) is 4.98. The molecule has 3 atom stereocenters. The second-order valence-electron chi connectivity index (χ2n) is 8.96. The zero-order valence-corrected chi connectivity index (χ0v) is 16.2. The summed E-state index contributed by atoms with van der Waals surface area (Å²) in [7, 11) is 1.89. The fourth-order valence-corrected chi connectivity index (χ4v) is 4.98. The van der Waals surface area contributed by atoms with Gasteiger partial charge in [-0.25, -0.2) is 4.98 Å². The molecule has 6 nitrogen and oxygen atoms in total. The first-order chi connectivity index (χ1) is 14.0. The van der Waals surface area contributed by atoms with Crippen LogP contribution in [0.5, 0.6) is 0 Å². The Labute approximate surface area is 168 Å². The van der Waals surface area contributed by atoms with Gasteiger partial charge in [-0.1, -0.05) is 12.1 Å². The highest BCUT2D eigenvalue weighted by atomic mass is 16.2. The average molecular weight is 383 g/mol. The molecule has 3 aliphatic carbocycles. The van der Waals surface area contributed by atoms with Crippen molar-refractivity contribution in [2.24, 2.45) is 18.4 Å². The Morgan fingerprint density at radius 2 is 2.14 bits per heavy atom. The Bertz CT molecular complexity index is 1220. The van der Waals surface area contributed by atoms with Crippen LogP contribution in [0.15, 0.2) is 42.7 Å². The van der Waals surface area contributed by atoms with Crippen LogP contribution < -0.4 is 5.32 Å². The Hall–Kier alpha value is -3.20. The van der Waals surface area contributed by atoms with E-state index in [-0.39, 0.29) is 28.6 Å². The molecular formula is C23H21N5O. The van der Waals surface area contributed by atoms with Gasteiger partial charge in [0, 0.05) is 36.7 Å². The van der Waals surface area contributed by atoms with Crippen LogP contribution in [-0.4, -0.2) is 20.7 Å². The summed E-state index contributed by atoms with van der Waals surface area (Å²) < 4.78 is 1.77. The summed E-state index contributed by atoms with van der Waals surface area (Å²) in [6.07, 6.45) is 7.83. The van der Waals surface area contributed by atoms with Gasteiger partial charge < -0.3 is 5.32 Å². The second kappa shape index (κ2) is 5.44. The van der Waals surface area contributed by atoms with Crippen molar-refractivity contribution in [3.63, 3.8) is 0 Å². The van der Waals surface area contributed by atoms with Crippen molar-refractivity contribution >= 4 is 22.5 Å². The van der Waals surface area contributed by atoms with Crippen molar-refractivity contribution in [1.29, 1.82) is 5.26 Å². The number of benzene rings is 1. The van der Waals surface area contributed by atoms with Gasteiger partial charge in [0.15, 0.2) is 0 Å². The molecule has 3 aromatic rings. The molecule has 2 heterocycles. The number of aromatic nitrogens is 3. The predicted molar refractivity (Wildman–Crippen MR) is 108 cm³/mol. The number of carbonyl (C=O) groups excluding carboxylic acids is 1. The smallest absolute Gasteiger partial charge is 0.229 e. The number of amides is 1. The number of carbonyl (C=O) groups is 1. The summed E-state index contributed by atoms with van der Waals surface area (Å²) in [6, 6.07) is 12.7. The standard InChI is InChI=1S/C23H21N5O/c1-28-7-4-19(27-28)17-10-18(17)21(29)26-20-9-15-8-16(3-2-14(15)11-25-20)23(13-24)12-22(23)5-6-22/h2-4,7-9,11,17-18H,5-6,10,12H2,1H3,(H,25,26,29)/t17-,18-,23+/m1/s1. The Kier molecular flexibility index (Phi) is 3.14. The topological polar surface area (TPSA) is 83.6 Å². The van der Waals surface area contributed by atoms with Gasteiger partial charge >= 0.3 is 0 Å². The molecule has 6 heteroatoms. The predicted octanol–water partition coefficient (Wildman–Crippen LogP) is 3.66. The number of nitrogens with one attached hydrogen (secondary N) is 1. The third kappa shape index (κ3) is 2.43. The SMILES string of the molecule is Cn1ccc([C@@H]2C[C@H]2C(=O)Nc2cc3cc([C@@]4(C#N)CC45CC5)ccc3cn2)n1. The maximum atomic E-state index is 12.6. The van der Waals surface area contributed by atoms with Crippen LogP contribution >= 0.6 is 0 Å². The molecule has 0 bridgehead atoms. The maximum absolute atomic E-state index is 12.6. The van der Waals surface area contributed by atoms with Crippen molar-refractivity contribution in [2.45, 2.75) is 37.0 Å². The first kappa shape index (κ1) is 16.7. The van der Waals surface area contributed by atoms with E-state index >= 15 is 0 Å². The van der Waals surface area contributed by atoms with Crippen LogP contribution in [0.1, 0.15) is 42.9 Å². The molecule has 0 unspecified atom stereocenters. The molecule has 1 amide bonds. The molecular weight excluding hydrogens is 362 g/mol. The third-order valence-corrected chi connectivity index (χ3v) is 7.14. The molecule has 0 radical (unpaired) electrons. The summed E-state index contributed by atoms with van der Waals surface area (Å²) in [6.45, 7) is 0. The quantitative estimate of drug-likeness (QED) is 0.745. The van der Waals surface area contributed by atoms with Gasteiger partial charge in [0.25, 0.3) is 0 Å². The van der Waals surface area contributed by atoms with Gasteiger partial charge in [-0.15, -0.1) is 0 Å². The van der Waals surface area contributed by atoms with E-state index < -0.39 is 0 Å². The van der Waals surface area contributed by atoms with Crippen LogP contribution in [0.25, 0.3) is 10.8 Å². The number of fused-ring (bicyclic) bond motifs is 1. The van der Waals surface area contributed by atoms with Gasteiger partial charge in [0.1, 0.15) is 5.82 Å². The van der Waals surface area contributed by atoms with Crippen molar-refractivity contribution < 1.29 is 4.79 Å². The Morgan fingerprint density at radius 1 is 1.28 bits per heavy atom. The van der Waals surface area contributed by atoms with E-state index in [9.17, 15) is 10.1 Å². The Balaban J connectivity index is 1.23. The van der Waals surface area contributed by atoms with E-state index in [2.05, 4.69) is 33.6 Å². The van der Waals surface area contributed by atoms with Crippen molar-refractivity contribution in [1.82, 2.24) is 14.8 Å². The molecule has 1 N–H and O–H groups in total. The summed E-state index contributed by atoms with van der Waals surface area (Å²) in [5.41, 5.74) is 2.01. The highest BCUT2D eigenvalue weighted by molar-refractivity contribution is 5.96. The maximum Gasteiger partial charge on any atom is 0.229 e. The summed E-state index contributed by atoms with van der Waals surface area (Å²) in [5.74, 6) is 0.714. The van der Waals surface area contributed by atoms with Crippen LogP contribution in [0.2, 0.25) is 0 Å². The van der Waals surface area contributed by atoms with E-state index in [1.54, 1.807) is 10.9 Å². The first-order valence-corrected chi connectivity index (χ1v) is 10.2. The van der Waals surface area contributed by atoms with Crippen LogP contribution in [0.3, 0.4) is 0 Å². The molecule has 3 aliphatic rings. The van der Waals surface area contributed by atoms with Crippen molar-refractivity contribution in [2.75, 3.05) is 5.32 Å². The molecule has 3 saturated carbocycles. The lowest BCUT2D eigenvalue weighted by molar-refractivity contribution is -0.117.